The summed E-state index contributed by atoms with van der Waals surface area (Å²) in [6.07, 6.45) is 0. The molecule has 0 saturated carbocycles. The van der Waals surface area contributed by atoms with E-state index in [1.807, 2.05) is 18.2 Å². The minimum absolute atomic E-state index is 0.118. The SMILES string of the molecule is Cc1sc(Br)cc1C(N)c1ccc(I)c(Cl)c1. The van der Waals surface area contributed by atoms with Gasteiger partial charge in [0.2, 0.25) is 0 Å². The zero-order valence-corrected chi connectivity index (χ0v) is 14.3. The number of benzene rings is 1. The summed E-state index contributed by atoms with van der Waals surface area (Å²) >= 11 is 13.5. The minimum atomic E-state index is -0.118. The van der Waals surface area contributed by atoms with E-state index in [1.54, 1.807) is 11.3 Å². The zero-order valence-electron chi connectivity index (χ0n) is 9.01. The van der Waals surface area contributed by atoms with E-state index < -0.39 is 0 Å². The highest BCUT2D eigenvalue weighted by Crippen LogP contribution is 2.33. The maximum atomic E-state index is 6.27. The number of aryl methyl sites for hydroxylation is 1. The van der Waals surface area contributed by atoms with Gasteiger partial charge in [-0.1, -0.05) is 17.7 Å². The Kier molecular flexibility index (Phi) is 4.52. The van der Waals surface area contributed by atoms with Crippen LogP contribution in [0.5, 0.6) is 0 Å². The molecule has 1 atom stereocenters. The molecule has 0 amide bonds. The van der Waals surface area contributed by atoms with E-state index >= 15 is 0 Å². The lowest BCUT2D eigenvalue weighted by molar-refractivity contribution is 0.868. The summed E-state index contributed by atoms with van der Waals surface area (Å²) in [4.78, 5) is 1.24. The molecule has 17 heavy (non-hydrogen) atoms. The van der Waals surface area contributed by atoms with Crippen LogP contribution in [0.4, 0.5) is 0 Å². The van der Waals surface area contributed by atoms with Crippen LogP contribution in [0.15, 0.2) is 28.1 Å². The Morgan fingerprint density at radius 3 is 2.65 bits per heavy atom. The van der Waals surface area contributed by atoms with E-state index in [-0.39, 0.29) is 6.04 Å². The number of thiophene rings is 1. The quantitative estimate of drug-likeness (QED) is 0.642. The maximum absolute atomic E-state index is 6.27. The van der Waals surface area contributed by atoms with Gasteiger partial charge in [-0.3, -0.25) is 0 Å². The number of nitrogens with two attached hydrogens (primary N) is 1. The summed E-state index contributed by atoms with van der Waals surface area (Å²) in [5.74, 6) is 0. The van der Waals surface area contributed by atoms with Crippen LogP contribution in [0.2, 0.25) is 5.02 Å². The summed E-state index contributed by atoms with van der Waals surface area (Å²) < 4.78 is 2.15. The Morgan fingerprint density at radius 2 is 2.12 bits per heavy atom. The molecule has 0 fully saturated rings. The highest BCUT2D eigenvalue weighted by Gasteiger charge is 2.15. The van der Waals surface area contributed by atoms with Gasteiger partial charge in [0.25, 0.3) is 0 Å². The van der Waals surface area contributed by atoms with Gasteiger partial charge in [-0.2, -0.15) is 0 Å². The molecule has 0 saturated heterocycles. The summed E-state index contributed by atoms with van der Waals surface area (Å²) in [5.41, 5.74) is 8.47. The van der Waals surface area contributed by atoms with Crippen molar-refractivity contribution in [2.24, 2.45) is 5.73 Å². The molecule has 90 valence electrons. The summed E-state index contributed by atoms with van der Waals surface area (Å²) in [7, 11) is 0. The van der Waals surface area contributed by atoms with Gasteiger partial charge < -0.3 is 5.73 Å². The lowest BCUT2D eigenvalue weighted by Crippen LogP contribution is -2.12. The Bertz CT molecular complexity index is 555. The topological polar surface area (TPSA) is 26.0 Å². The molecule has 0 radical (unpaired) electrons. The Morgan fingerprint density at radius 1 is 1.41 bits per heavy atom. The molecule has 0 aliphatic heterocycles. The van der Waals surface area contributed by atoms with Gasteiger partial charge in [-0.15, -0.1) is 11.3 Å². The van der Waals surface area contributed by atoms with Crippen molar-refractivity contribution in [2.75, 3.05) is 0 Å². The van der Waals surface area contributed by atoms with Crippen molar-refractivity contribution in [1.29, 1.82) is 0 Å². The predicted octanol–water partition coefficient (Wildman–Crippen LogP) is 5.13. The first-order chi connectivity index (χ1) is 7.99. The van der Waals surface area contributed by atoms with Crippen molar-refractivity contribution in [3.63, 3.8) is 0 Å². The van der Waals surface area contributed by atoms with Crippen molar-refractivity contribution in [1.82, 2.24) is 0 Å². The third-order valence-electron chi connectivity index (χ3n) is 2.56. The molecule has 2 N–H and O–H groups in total. The van der Waals surface area contributed by atoms with E-state index in [0.717, 1.165) is 23.5 Å². The molecule has 1 unspecified atom stereocenters. The molecule has 1 aromatic carbocycles. The second kappa shape index (κ2) is 5.57. The lowest BCUT2D eigenvalue weighted by Gasteiger charge is -2.12. The number of rotatable bonds is 2. The van der Waals surface area contributed by atoms with Crippen molar-refractivity contribution in [2.45, 2.75) is 13.0 Å². The molecule has 0 spiro atoms. The zero-order chi connectivity index (χ0) is 12.6. The average molecular weight is 443 g/mol. The van der Waals surface area contributed by atoms with Crippen LogP contribution in [0.1, 0.15) is 22.0 Å². The Labute approximate surface area is 132 Å². The normalized spacial score (nSPS) is 12.8. The van der Waals surface area contributed by atoms with E-state index in [0.29, 0.717) is 0 Å². The molecule has 5 heteroatoms. The maximum Gasteiger partial charge on any atom is 0.0704 e. The third kappa shape index (κ3) is 3.04. The van der Waals surface area contributed by atoms with Gasteiger partial charge in [0.1, 0.15) is 0 Å². The Balaban J connectivity index is 2.40. The van der Waals surface area contributed by atoms with Gasteiger partial charge >= 0.3 is 0 Å². The van der Waals surface area contributed by atoms with Gasteiger partial charge in [-0.05, 0) is 74.8 Å². The largest absolute Gasteiger partial charge is 0.320 e. The van der Waals surface area contributed by atoms with Gasteiger partial charge in [0.15, 0.2) is 0 Å². The van der Waals surface area contributed by atoms with Gasteiger partial charge in [0.05, 0.1) is 14.9 Å². The van der Waals surface area contributed by atoms with E-state index in [9.17, 15) is 0 Å². The highest BCUT2D eigenvalue weighted by atomic mass is 127. The standard InChI is InChI=1S/C12H10BrClINS/c1-6-8(5-11(13)17-6)12(16)7-2-3-10(15)9(14)4-7/h2-5,12H,16H2,1H3. The molecule has 0 bridgehead atoms. The molecule has 2 rings (SSSR count). The third-order valence-corrected chi connectivity index (χ3v) is 5.71. The molecule has 2 aromatic rings. The van der Waals surface area contributed by atoms with Crippen LogP contribution in [0, 0.1) is 10.5 Å². The molecular weight excluding hydrogens is 432 g/mol. The highest BCUT2D eigenvalue weighted by molar-refractivity contribution is 14.1. The second-order valence-electron chi connectivity index (χ2n) is 3.71. The number of halogens is 3. The summed E-state index contributed by atoms with van der Waals surface area (Å²) in [6, 6.07) is 7.93. The second-order valence-corrected chi connectivity index (χ2v) is 7.92. The molecule has 1 aromatic heterocycles. The first-order valence-electron chi connectivity index (χ1n) is 4.95. The van der Waals surface area contributed by atoms with Crippen LogP contribution in [0.25, 0.3) is 0 Å². The van der Waals surface area contributed by atoms with Crippen LogP contribution in [-0.2, 0) is 0 Å². The molecule has 0 aliphatic rings. The summed E-state index contributed by atoms with van der Waals surface area (Å²) in [6.45, 7) is 2.08. The van der Waals surface area contributed by atoms with Crippen molar-refractivity contribution >= 4 is 61.5 Å². The number of hydrogen-bond donors (Lipinski definition) is 1. The minimum Gasteiger partial charge on any atom is -0.320 e. The smallest absolute Gasteiger partial charge is 0.0704 e. The molecule has 0 aliphatic carbocycles. The lowest BCUT2D eigenvalue weighted by atomic mass is 10.0. The first kappa shape index (κ1) is 13.8. The van der Waals surface area contributed by atoms with Crippen molar-refractivity contribution in [3.8, 4) is 0 Å². The van der Waals surface area contributed by atoms with Gasteiger partial charge in [-0.25, -0.2) is 0 Å². The first-order valence-corrected chi connectivity index (χ1v) is 8.02. The van der Waals surface area contributed by atoms with Gasteiger partial charge in [0, 0.05) is 8.45 Å². The van der Waals surface area contributed by atoms with E-state index in [2.05, 4.69) is 51.5 Å². The number of hydrogen-bond acceptors (Lipinski definition) is 2. The van der Waals surface area contributed by atoms with Crippen LogP contribution >= 0.6 is 61.5 Å². The fourth-order valence-electron chi connectivity index (χ4n) is 1.65. The van der Waals surface area contributed by atoms with Crippen LogP contribution in [0.3, 0.4) is 0 Å². The fraction of sp³-hybridized carbons (Fsp3) is 0.167. The molecular formula is C12H10BrClINS. The predicted molar refractivity (Wildman–Crippen MR) is 87.0 cm³/mol. The monoisotopic (exact) mass is 441 g/mol. The fourth-order valence-corrected chi connectivity index (χ4v) is 3.93. The van der Waals surface area contributed by atoms with Crippen molar-refractivity contribution in [3.05, 3.63) is 52.6 Å². The summed E-state index contributed by atoms with van der Waals surface area (Å²) in [5, 5.41) is 0.755. The van der Waals surface area contributed by atoms with Crippen LogP contribution in [-0.4, -0.2) is 0 Å². The average Bonchev–Trinajstić information content (AvgIpc) is 2.61. The van der Waals surface area contributed by atoms with Crippen LogP contribution < -0.4 is 5.73 Å². The molecule has 1 nitrogen and oxygen atoms in total. The van der Waals surface area contributed by atoms with E-state index in [4.69, 9.17) is 17.3 Å². The van der Waals surface area contributed by atoms with Crippen molar-refractivity contribution < 1.29 is 0 Å². The molecule has 1 heterocycles. The van der Waals surface area contributed by atoms with E-state index in [1.165, 1.54) is 4.88 Å². The Hall–Kier alpha value is 0.380.